The summed E-state index contributed by atoms with van der Waals surface area (Å²) < 4.78 is 0. The highest BCUT2D eigenvalue weighted by Crippen LogP contribution is 1.96. The van der Waals surface area contributed by atoms with Crippen LogP contribution in [0.5, 0.6) is 0 Å². The van der Waals surface area contributed by atoms with E-state index in [2.05, 4.69) is 15.9 Å². The summed E-state index contributed by atoms with van der Waals surface area (Å²) in [6, 6.07) is 0. The SMILES string of the molecule is C.C.C#CCc1cnc(N)[nH]1.Cl. The summed E-state index contributed by atoms with van der Waals surface area (Å²) in [6.07, 6.45) is 7.23. The molecule has 1 heterocycles. The summed E-state index contributed by atoms with van der Waals surface area (Å²) in [7, 11) is 0. The lowest BCUT2D eigenvalue weighted by Crippen LogP contribution is -1.86. The Morgan fingerprint density at radius 1 is 1.58 bits per heavy atom. The van der Waals surface area contributed by atoms with Crippen molar-refractivity contribution in [1.29, 1.82) is 0 Å². The van der Waals surface area contributed by atoms with Gasteiger partial charge in [0.05, 0.1) is 12.6 Å². The number of aromatic amines is 1. The second kappa shape index (κ2) is 7.96. The molecule has 0 spiro atoms. The quantitative estimate of drug-likeness (QED) is 0.663. The van der Waals surface area contributed by atoms with Crippen LogP contribution in [-0.2, 0) is 6.42 Å². The molecule has 0 atom stereocenters. The van der Waals surface area contributed by atoms with Gasteiger partial charge in [-0.1, -0.05) is 14.9 Å². The maximum absolute atomic E-state index is 5.27. The molecule has 3 nitrogen and oxygen atoms in total. The number of H-pyrrole nitrogens is 1. The van der Waals surface area contributed by atoms with Crippen molar-refractivity contribution in [2.24, 2.45) is 0 Å². The van der Waals surface area contributed by atoms with Gasteiger partial charge in [-0.3, -0.25) is 0 Å². The largest absolute Gasteiger partial charge is 0.369 e. The number of aromatic nitrogens is 2. The first-order valence-corrected chi connectivity index (χ1v) is 2.55. The molecule has 0 aliphatic carbocycles. The number of anilines is 1. The monoisotopic (exact) mass is 189 g/mol. The lowest BCUT2D eigenvalue weighted by Gasteiger charge is -1.82. The highest BCUT2D eigenvalue weighted by atomic mass is 35.5. The number of nitrogens with one attached hydrogen (secondary N) is 1. The van der Waals surface area contributed by atoms with Gasteiger partial charge in [0.15, 0.2) is 5.95 Å². The first-order valence-electron chi connectivity index (χ1n) is 2.55. The minimum Gasteiger partial charge on any atom is -0.369 e. The number of terminal acetylenes is 1. The van der Waals surface area contributed by atoms with E-state index in [9.17, 15) is 0 Å². The van der Waals surface area contributed by atoms with Crippen molar-refractivity contribution in [1.82, 2.24) is 9.97 Å². The molecular formula is C8H16ClN3. The molecule has 4 heteroatoms. The van der Waals surface area contributed by atoms with Crippen LogP contribution in [0.4, 0.5) is 5.95 Å². The molecule has 0 radical (unpaired) electrons. The summed E-state index contributed by atoms with van der Waals surface area (Å²) in [5.74, 6) is 2.89. The minimum absolute atomic E-state index is 0. The Hall–Kier alpha value is -1.14. The average Bonchev–Trinajstić information content (AvgIpc) is 2.17. The Kier molecular flexibility index (Phi) is 11.3. The lowest BCUT2D eigenvalue weighted by atomic mass is 10.3. The summed E-state index contributed by atoms with van der Waals surface area (Å²) in [4.78, 5) is 6.56. The van der Waals surface area contributed by atoms with Crippen LogP contribution in [0.25, 0.3) is 0 Å². The standard InChI is InChI=1S/C6H7N3.2CH4.ClH/c1-2-3-5-4-8-6(7)9-5;;;/h1,4H,3H2,(H3,7,8,9);2*1H4;1H. The van der Waals surface area contributed by atoms with Gasteiger partial charge in [0, 0.05) is 5.69 Å². The van der Waals surface area contributed by atoms with E-state index in [0.29, 0.717) is 12.4 Å². The highest BCUT2D eigenvalue weighted by molar-refractivity contribution is 5.85. The van der Waals surface area contributed by atoms with Gasteiger partial charge in [0.2, 0.25) is 0 Å². The third kappa shape index (κ3) is 4.64. The fourth-order valence-electron chi connectivity index (χ4n) is 0.576. The molecule has 0 saturated carbocycles. The topological polar surface area (TPSA) is 54.7 Å². The van der Waals surface area contributed by atoms with Gasteiger partial charge in [-0.2, -0.15) is 0 Å². The van der Waals surface area contributed by atoms with E-state index < -0.39 is 0 Å². The number of nitrogens with zero attached hydrogens (tertiary/aromatic N) is 1. The number of nitrogens with two attached hydrogens (primary N) is 1. The van der Waals surface area contributed by atoms with Gasteiger partial charge in [-0.05, 0) is 0 Å². The van der Waals surface area contributed by atoms with E-state index in [1.165, 1.54) is 0 Å². The molecule has 0 aromatic carbocycles. The second-order valence-electron chi connectivity index (χ2n) is 1.67. The molecule has 1 aromatic rings. The zero-order valence-electron chi connectivity index (χ0n) is 5.29. The predicted octanol–water partition coefficient (Wildman–Crippen LogP) is 1.86. The van der Waals surface area contributed by atoms with Crippen LogP contribution in [0.15, 0.2) is 6.20 Å². The van der Waals surface area contributed by atoms with E-state index in [1.54, 1.807) is 6.20 Å². The molecule has 0 unspecified atom stereocenters. The summed E-state index contributed by atoms with van der Waals surface area (Å²) in [5.41, 5.74) is 6.16. The Labute approximate surface area is 80.2 Å². The van der Waals surface area contributed by atoms with Crippen LogP contribution in [0.1, 0.15) is 20.5 Å². The first-order chi connectivity index (χ1) is 4.33. The number of halogens is 1. The maximum atomic E-state index is 5.27. The summed E-state index contributed by atoms with van der Waals surface area (Å²) in [5, 5.41) is 0. The van der Waals surface area contributed by atoms with Gasteiger partial charge in [-0.25, -0.2) is 4.98 Å². The molecule has 0 bridgehead atoms. The van der Waals surface area contributed by atoms with Crippen LogP contribution < -0.4 is 5.73 Å². The molecule has 3 N–H and O–H groups in total. The number of imidazole rings is 1. The molecular weight excluding hydrogens is 174 g/mol. The normalized spacial score (nSPS) is 6.58. The van der Waals surface area contributed by atoms with Gasteiger partial charge in [0.25, 0.3) is 0 Å². The number of rotatable bonds is 1. The Bertz CT molecular complexity index is 237. The van der Waals surface area contributed by atoms with Crippen LogP contribution in [0.2, 0.25) is 0 Å². The van der Waals surface area contributed by atoms with Gasteiger partial charge >= 0.3 is 0 Å². The smallest absolute Gasteiger partial charge is 0.197 e. The van der Waals surface area contributed by atoms with Crippen LogP contribution in [-0.4, -0.2) is 9.97 Å². The zero-order valence-corrected chi connectivity index (χ0v) is 6.11. The number of hydrogen-bond acceptors (Lipinski definition) is 2. The van der Waals surface area contributed by atoms with Gasteiger partial charge < -0.3 is 10.7 Å². The lowest BCUT2D eigenvalue weighted by molar-refractivity contribution is 1.19. The molecule has 70 valence electrons. The molecule has 0 amide bonds. The van der Waals surface area contributed by atoms with Crippen molar-refractivity contribution in [3.05, 3.63) is 11.9 Å². The molecule has 12 heavy (non-hydrogen) atoms. The molecule has 1 aromatic heterocycles. The Morgan fingerprint density at radius 2 is 2.17 bits per heavy atom. The number of nitrogen functional groups attached to an aromatic ring is 1. The van der Waals surface area contributed by atoms with Crippen LogP contribution in [0.3, 0.4) is 0 Å². The van der Waals surface area contributed by atoms with Gasteiger partial charge in [0.1, 0.15) is 0 Å². The van der Waals surface area contributed by atoms with E-state index in [0.717, 1.165) is 5.69 Å². The molecule has 1 rings (SSSR count). The van der Waals surface area contributed by atoms with Crippen LogP contribution in [0, 0.1) is 12.3 Å². The fraction of sp³-hybridized carbons (Fsp3) is 0.375. The molecule has 0 aliphatic rings. The Balaban J connectivity index is -0.000000270. The molecule has 0 saturated heterocycles. The summed E-state index contributed by atoms with van der Waals surface area (Å²) in [6.45, 7) is 0. The average molecular weight is 190 g/mol. The minimum atomic E-state index is 0. The fourth-order valence-corrected chi connectivity index (χ4v) is 0.576. The van der Waals surface area contributed by atoms with Crippen LogP contribution >= 0.6 is 12.4 Å². The second-order valence-corrected chi connectivity index (χ2v) is 1.67. The van der Waals surface area contributed by atoms with Crippen molar-refractivity contribution >= 4 is 18.4 Å². The predicted molar refractivity (Wildman–Crippen MR) is 56.2 cm³/mol. The number of hydrogen-bond donors (Lipinski definition) is 2. The third-order valence-corrected chi connectivity index (χ3v) is 0.941. The van der Waals surface area contributed by atoms with E-state index in [-0.39, 0.29) is 27.3 Å². The van der Waals surface area contributed by atoms with Crippen molar-refractivity contribution in [3.8, 4) is 12.3 Å². The highest BCUT2D eigenvalue weighted by Gasteiger charge is 1.91. The van der Waals surface area contributed by atoms with E-state index in [1.807, 2.05) is 0 Å². The van der Waals surface area contributed by atoms with Crippen molar-refractivity contribution in [2.45, 2.75) is 21.3 Å². The van der Waals surface area contributed by atoms with Gasteiger partial charge in [-0.15, -0.1) is 24.8 Å². The third-order valence-electron chi connectivity index (χ3n) is 0.941. The zero-order chi connectivity index (χ0) is 6.69. The first kappa shape index (κ1) is 17.1. The van der Waals surface area contributed by atoms with E-state index in [4.69, 9.17) is 12.2 Å². The maximum Gasteiger partial charge on any atom is 0.197 e. The molecule has 0 fully saturated rings. The van der Waals surface area contributed by atoms with E-state index >= 15 is 0 Å². The Morgan fingerprint density at radius 3 is 2.50 bits per heavy atom. The van der Waals surface area contributed by atoms with Crippen molar-refractivity contribution < 1.29 is 0 Å². The van der Waals surface area contributed by atoms with Crippen molar-refractivity contribution in [2.75, 3.05) is 5.73 Å². The molecule has 0 aliphatic heterocycles. The van der Waals surface area contributed by atoms with Crippen molar-refractivity contribution in [3.63, 3.8) is 0 Å². The summed E-state index contributed by atoms with van der Waals surface area (Å²) >= 11 is 0.